The number of hydrogen-bond acceptors (Lipinski definition) is 4. The van der Waals surface area contributed by atoms with E-state index >= 15 is 0 Å². The molecule has 0 aliphatic rings. The zero-order chi connectivity index (χ0) is 13.5. The second kappa shape index (κ2) is 6.70. The largest absolute Gasteiger partial charge is 0.478 e. The van der Waals surface area contributed by atoms with E-state index in [1.165, 1.54) is 18.3 Å². The van der Waals surface area contributed by atoms with E-state index in [9.17, 15) is 9.59 Å². The molecule has 0 atom stereocenters. The van der Waals surface area contributed by atoms with Crippen molar-refractivity contribution in [2.75, 3.05) is 26.7 Å². The molecule has 98 valence electrons. The van der Waals surface area contributed by atoms with Crippen molar-refractivity contribution in [1.29, 1.82) is 0 Å². The Morgan fingerprint density at radius 1 is 1.44 bits per heavy atom. The van der Waals surface area contributed by atoms with Crippen LogP contribution in [-0.4, -0.2) is 53.5 Å². The fourth-order valence-electron chi connectivity index (χ4n) is 1.26. The molecule has 0 unspecified atom stereocenters. The highest BCUT2D eigenvalue weighted by molar-refractivity contribution is 5.93. The number of amides is 1. The molecule has 0 fully saturated rings. The van der Waals surface area contributed by atoms with Crippen molar-refractivity contribution in [1.82, 2.24) is 15.2 Å². The van der Waals surface area contributed by atoms with Crippen molar-refractivity contribution in [3.8, 4) is 0 Å². The second-order valence-electron chi connectivity index (χ2n) is 3.89. The molecule has 0 bridgehead atoms. The van der Waals surface area contributed by atoms with Gasteiger partial charge < -0.3 is 15.3 Å². The van der Waals surface area contributed by atoms with Gasteiger partial charge in [-0.3, -0.25) is 9.78 Å². The van der Waals surface area contributed by atoms with Crippen LogP contribution in [0.1, 0.15) is 27.8 Å². The van der Waals surface area contributed by atoms with E-state index < -0.39 is 5.97 Å². The fourth-order valence-corrected chi connectivity index (χ4v) is 1.26. The number of carboxylic acids is 1. The molecule has 1 amide bonds. The van der Waals surface area contributed by atoms with Gasteiger partial charge in [0.25, 0.3) is 5.91 Å². The molecule has 1 aromatic heterocycles. The summed E-state index contributed by atoms with van der Waals surface area (Å²) >= 11 is 0. The van der Waals surface area contributed by atoms with E-state index in [-0.39, 0.29) is 17.2 Å². The van der Waals surface area contributed by atoms with Crippen LogP contribution in [0.15, 0.2) is 18.3 Å². The molecule has 0 aromatic carbocycles. The summed E-state index contributed by atoms with van der Waals surface area (Å²) in [6.07, 6.45) is 1.18. The van der Waals surface area contributed by atoms with Gasteiger partial charge in [0.05, 0.1) is 5.56 Å². The zero-order valence-corrected chi connectivity index (χ0v) is 10.5. The van der Waals surface area contributed by atoms with Gasteiger partial charge >= 0.3 is 5.97 Å². The van der Waals surface area contributed by atoms with Gasteiger partial charge in [-0.05, 0) is 25.7 Å². The molecular weight excluding hydrogens is 234 g/mol. The van der Waals surface area contributed by atoms with Crippen molar-refractivity contribution >= 4 is 11.9 Å². The highest BCUT2D eigenvalue weighted by Crippen LogP contribution is 2.00. The maximum Gasteiger partial charge on any atom is 0.337 e. The van der Waals surface area contributed by atoms with E-state index in [1.54, 1.807) is 0 Å². The third-order valence-electron chi connectivity index (χ3n) is 2.56. The number of nitrogens with zero attached hydrogens (tertiary/aromatic N) is 2. The van der Waals surface area contributed by atoms with Gasteiger partial charge in [0.2, 0.25) is 0 Å². The molecule has 0 aliphatic heterocycles. The molecule has 0 aliphatic carbocycles. The van der Waals surface area contributed by atoms with E-state index in [0.717, 1.165) is 13.1 Å². The van der Waals surface area contributed by atoms with E-state index in [2.05, 4.69) is 15.2 Å². The minimum absolute atomic E-state index is 0.0669. The highest BCUT2D eigenvalue weighted by Gasteiger charge is 2.08. The first-order valence-electron chi connectivity index (χ1n) is 5.70. The predicted octanol–water partition coefficient (Wildman–Crippen LogP) is 0.461. The molecule has 1 rings (SSSR count). The highest BCUT2D eigenvalue weighted by atomic mass is 16.4. The lowest BCUT2D eigenvalue weighted by atomic mass is 10.2. The number of carboxylic acid groups (broad SMARTS) is 1. The quantitative estimate of drug-likeness (QED) is 0.767. The summed E-state index contributed by atoms with van der Waals surface area (Å²) in [6, 6.07) is 2.77. The number of aromatic nitrogens is 1. The van der Waals surface area contributed by atoms with Crippen LogP contribution in [0.5, 0.6) is 0 Å². The van der Waals surface area contributed by atoms with Crippen molar-refractivity contribution in [2.45, 2.75) is 6.92 Å². The van der Waals surface area contributed by atoms with Gasteiger partial charge in [0.15, 0.2) is 0 Å². The first-order chi connectivity index (χ1) is 8.54. The van der Waals surface area contributed by atoms with Crippen LogP contribution in [0.2, 0.25) is 0 Å². The second-order valence-corrected chi connectivity index (χ2v) is 3.89. The van der Waals surface area contributed by atoms with Crippen molar-refractivity contribution in [3.05, 3.63) is 29.6 Å². The monoisotopic (exact) mass is 251 g/mol. The number of carbonyl (C=O) groups excluding carboxylic acids is 1. The van der Waals surface area contributed by atoms with Crippen molar-refractivity contribution in [3.63, 3.8) is 0 Å². The summed E-state index contributed by atoms with van der Waals surface area (Å²) < 4.78 is 0. The Labute approximate surface area is 106 Å². The molecule has 0 saturated heterocycles. The first-order valence-corrected chi connectivity index (χ1v) is 5.70. The SMILES string of the molecule is CCN(C)CCNC(=O)c1ccc(C(=O)O)cn1. The Morgan fingerprint density at radius 3 is 2.67 bits per heavy atom. The maximum atomic E-state index is 11.7. The van der Waals surface area contributed by atoms with Crippen LogP contribution in [0.25, 0.3) is 0 Å². The molecule has 6 heteroatoms. The summed E-state index contributed by atoms with van der Waals surface area (Å²) in [6.45, 7) is 4.25. The molecule has 6 nitrogen and oxygen atoms in total. The normalized spacial score (nSPS) is 10.4. The molecule has 0 saturated carbocycles. The van der Waals surface area contributed by atoms with E-state index in [0.29, 0.717) is 6.54 Å². The minimum Gasteiger partial charge on any atom is -0.478 e. The summed E-state index contributed by atoms with van der Waals surface area (Å²) in [4.78, 5) is 28.2. The van der Waals surface area contributed by atoms with Crippen molar-refractivity contribution < 1.29 is 14.7 Å². The third kappa shape index (κ3) is 4.14. The Hall–Kier alpha value is -1.95. The van der Waals surface area contributed by atoms with E-state index in [4.69, 9.17) is 5.11 Å². The van der Waals surface area contributed by atoms with Crippen LogP contribution in [0.4, 0.5) is 0 Å². The Morgan fingerprint density at radius 2 is 2.17 bits per heavy atom. The number of likely N-dealkylation sites (N-methyl/N-ethyl adjacent to an activating group) is 1. The van der Waals surface area contributed by atoms with Gasteiger partial charge in [-0.25, -0.2) is 4.79 Å². The lowest BCUT2D eigenvalue weighted by molar-refractivity contribution is 0.0695. The number of nitrogens with one attached hydrogen (secondary N) is 1. The maximum absolute atomic E-state index is 11.7. The average Bonchev–Trinajstić information content (AvgIpc) is 2.38. The first kappa shape index (κ1) is 14.1. The van der Waals surface area contributed by atoms with Crippen molar-refractivity contribution in [2.24, 2.45) is 0 Å². The Bertz CT molecular complexity index is 417. The number of pyridine rings is 1. The van der Waals surface area contributed by atoms with Crippen LogP contribution in [-0.2, 0) is 0 Å². The lowest BCUT2D eigenvalue weighted by Crippen LogP contribution is -2.33. The van der Waals surface area contributed by atoms with Crippen LogP contribution >= 0.6 is 0 Å². The molecule has 0 radical (unpaired) electrons. The number of hydrogen-bond donors (Lipinski definition) is 2. The number of rotatable bonds is 6. The van der Waals surface area contributed by atoms with Gasteiger partial charge in [-0.1, -0.05) is 6.92 Å². The molecule has 1 heterocycles. The molecule has 18 heavy (non-hydrogen) atoms. The third-order valence-corrected chi connectivity index (χ3v) is 2.56. The topological polar surface area (TPSA) is 82.5 Å². The minimum atomic E-state index is -1.06. The fraction of sp³-hybridized carbons (Fsp3) is 0.417. The summed E-state index contributed by atoms with van der Waals surface area (Å²) in [7, 11) is 1.96. The van der Waals surface area contributed by atoms with E-state index in [1.807, 2.05) is 14.0 Å². The van der Waals surface area contributed by atoms with Gasteiger partial charge in [-0.15, -0.1) is 0 Å². The molecule has 2 N–H and O–H groups in total. The van der Waals surface area contributed by atoms with Gasteiger partial charge in [0, 0.05) is 19.3 Å². The smallest absolute Gasteiger partial charge is 0.337 e. The lowest BCUT2D eigenvalue weighted by Gasteiger charge is -2.13. The number of aromatic carboxylic acids is 1. The molecule has 1 aromatic rings. The summed E-state index contributed by atoms with van der Waals surface area (Å²) in [5, 5.41) is 11.4. The summed E-state index contributed by atoms with van der Waals surface area (Å²) in [5.74, 6) is -1.35. The average molecular weight is 251 g/mol. The van der Waals surface area contributed by atoms with Crippen LogP contribution < -0.4 is 5.32 Å². The van der Waals surface area contributed by atoms with Crippen LogP contribution in [0, 0.1) is 0 Å². The standard InChI is InChI=1S/C12H17N3O3/c1-3-15(2)7-6-13-11(16)10-5-4-9(8-14-10)12(17)18/h4-5,8H,3,6-7H2,1-2H3,(H,13,16)(H,17,18). The summed E-state index contributed by atoms with van der Waals surface area (Å²) in [5.41, 5.74) is 0.288. The van der Waals surface area contributed by atoms with Gasteiger partial charge in [-0.2, -0.15) is 0 Å². The Kier molecular flexibility index (Phi) is 5.26. The van der Waals surface area contributed by atoms with Crippen LogP contribution in [0.3, 0.4) is 0 Å². The Balaban J connectivity index is 2.49. The molecular formula is C12H17N3O3. The number of carbonyl (C=O) groups is 2. The zero-order valence-electron chi connectivity index (χ0n) is 10.5. The van der Waals surface area contributed by atoms with Gasteiger partial charge in [0.1, 0.15) is 5.69 Å². The predicted molar refractivity (Wildman–Crippen MR) is 66.7 cm³/mol. The molecule has 0 spiro atoms.